The van der Waals surface area contributed by atoms with E-state index < -0.39 is 17.3 Å². The number of benzene rings is 2. The Bertz CT molecular complexity index is 1180. The molecule has 3 aromatic rings. The molecule has 0 fully saturated rings. The normalized spacial score (nSPS) is 11.1. The van der Waals surface area contributed by atoms with Crippen LogP contribution in [-0.4, -0.2) is 45.1 Å². The largest absolute Gasteiger partial charge is 0.497 e. The first-order valence-electron chi connectivity index (χ1n) is 11.0. The zero-order valence-electron chi connectivity index (χ0n) is 20.5. The Morgan fingerprint density at radius 1 is 1.06 bits per heavy atom. The molecule has 0 saturated carbocycles. The number of ether oxygens (including phenoxy) is 1. The molecule has 0 unspecified atom stereocenters. The number of carbonyl (C=O) groups excluding carboxylic acids is 2. The van der Waals surface area contributed by atoms with E-state index in [-0.39, 0.29) is 18.2 Å². The number of nitrogens with one attached hydrogen (secondary N) is 1. The van der Waals surface area contributed by atoms with Gasteiger partial charge in [-0.2, -0.15) is 0 Å². The van der Waals surface area contributed by atoms with Crippen LogP contribution in [0, 0.1) is 19.7 Å². The highest BCUT2D eigenvalue weighted by Gasteiger charge is 2.38. The first kappa shape index (κ1) is 26.2. The van der Waals surface area contributed by atoms with Crippen LogP contribution in [0.25, 0.3) is 0 Å². The maximum Gasteiger partial charge on any atom is 0.249 e. The molecule has 1 heterocycles. The van der Waals surface area contributed by atoms with Crippen LogP contribution in [0.2, 0.25) is 0 Å². The third kappa shape index (κ3) is 6.79. The monoisotopic (exact) mass is 496 g/mol. The lowest BCUT2D eigenvalue weighted by Crippen LogP contribution is -2.55. The van der Waals surface area contributed by atoms with Gasteiger partial charge in [-0.05, 0) is 64.1 Å². The second-order valence-corrected chi connectivity index (χ2v) is 9.48. The maximum absolute atomic E-state index is 14.5. The van der Waals surface area contributed by atoms with Crippen LogP contribution < -0.4 is 10.1 Å². The van der Waals surface area contributed by atoms with Crippen molar-refractivity contribution in [1.29, 1.82) is 0 Å². The van der Waals surface area contributed by atoms with Gasteiger partial charge in [-0.15, -0.1) is 0 Å². The lowest BCUT2D eigenvalue weighted by molar-refractivity contribution is -0.142. The zero-order valence-corrected chi connectivity index (χ0v) is 21.3. The van der Waals surface area contributed by atoms with E-state index in [1.165, 1.54) is 22.7 Å². The Morgan fingerprint density at radius 3 is 2.29 bits per heavy atom. The first-order valence-corrected chi connectivity index (χ1v) is 12.0. The summed E-state index contributed by atoms with van der Waals surface area (Å²) in [6.45, 7) is 6.93. The minimum Gasteiger partial charge on any atom is -0.497 e. The molecule has 1 N–H and O–H groups in total. The van der Waals surface area contributed by atoms with E-state index in [2.05, 4.69) is 15.3 Å². The summed E-state index contributed by atoms with van der Waals surface area (Å²) in [6, 6.07) is 14.9. The van der Waals surface area contributed by atoms with Crippen molar-refractivity contribution in [3.05, 3.63) is 77.4 Å². The SMILES string of the molecule is COc1ccc(NC(=O)C(C)(C)N(Cc2ccccc2F)C(=O)CSc2nc(C)cc(C)n2)cc1. The molecule has 0 spiro atoms. The predicted molar refractivity (Wildman–Crippen MR) is 135 cm³/mol. The number of aromatic nitrogens is 2. The van der Waals surface area contributed by atoms with Crippen molar-refractivity contribution in [3.8, 4) is 5.75 Å². The number of halogens is 1. The molecule has 1 aromatic heterocycles. The van der Waals surface area contributed by atoms with E-state index in [1.54, 1.807) is 63.4 Å². The van der Waals surface area contributed by atoms with E-state index in [0.717, 1.165) is 11.4 Å². The van der Waals surface area contributed by atoms with Gasteiger partial charge < -0.3 is 15.0 Å². The fourth-order valence-electron chi connectivity index (χ4n) is 3.44. The zero-order chi connectivity index (χ0) is 25.6. The number of carbonyl (C=O) groups is 2. The van der Waals surface area contributed by atoms with Gasteiger partial charge in [0.15, 0.2) is 5.16 Å². The van der Waals surface area contributed by atoms with Crippen LogP contribution in [0.4, 0.5) is 10.1 Å². The van der Waals surface area contributed by atoms with Gasteiger partial charge >= 0.3 is 0 Å². The smallest absolute Gasteiger partial charge is 0.249 e. The van der Waals surface area contributed by atoms with E-state index >= 15 is 0 Å². The van der Waals surface area contributed by atoms with E-state index in [0.29, 0.717) is 22.2 Å². The number of methoxy groups -OCH3 is 1. The van der Waals surface area contributed by atoms with Crippen LogP contribution >= 0.6 is 11.8 Å². The van der Waals surface area contributed by atoms with Crippen LogP contribution in [0.3, 0.4) is 0 Å². The number of nitrogens with zero attached hydrogens (tertiary/aromatic N) is 3. The molecule has 0 bridgehead atoms. The molecule has 2 amide bonds. The molecule has 35 heavy (non-hydrogen) atoms. The molecule has 184 valence electrons. The van der Waals surface area contributed by atoms with Gasteiger partial charge in [0.25, 0.3) is 0 Å². The maximum atomic E-state index is 14.5. The fraction of sp³-hybridized carbons (Fsp3) is 0.308. The van der Waals surface area contributed by atoms with Crippen molar-refractivity contribution in [1.82, 2.24) is 14.9 Å². The highest BCUT2D eigenvalue weighted by Crippen LogP contribution is 2.25. The number of aryl methyl sites for hydroxylation is 2. The topological polar surface area (TPSA) is 84.4 Å². The first-order chi connectivity index (χ1) is 16.6. The summed E-state index contributed by atoms with van der Waals surface area (Å²) in [6.07, 6.45) is 0. The minimum atomic E-state index is -1.29. The average Bonchev–Trinajstić information content (AvgIpc) is 2.81. The third-order valence-corrected chi connectivity index (χ3v) is 6.28. The second-order valence-electron chi connectivity index (χ2n) is 8.53. The summed E-state index contributed by atoms with van der Waals surface area (Å²) in [5.74, 6) is -0.529. The minimum absolute atomic E-state index is 0.00338. The van der Waals surface area contributed by atoms with Gasteiger partial charge in [-0.3, -0.25) is 9.59 Å². The quantitative estimate of drug-likeness (QED) is 0.339. The van der Waals surface area contributed by atoms with Gasteiger partial charge in [0.2, 0.25) is 11.8 Å². The molecule has 0 aliphatic rings. The third-order valence-electron chi connectivity index (χ3n) is 5.45. The van der Waals surface area contributed by atoms with Gasteiger partial charge in [0.1, 0.15) is 17.1 Å². The van der Waals surface area contributed by atoms with Crippen LogP contribution in [-0.2, 0) is 16.1 Å². The van der Waals surface area contributed by atoms with Crippen molar-refractivity contribution < 1.29 is 18.7 Å². The van der Waals surface area contributed by atoms with Gasteiger partial charge in [-0.1, -0.05) is 30.0 Å². The summed E-state index contributed by atoms with van der Waals surface area (Å²) in [5, 5.41) is 3.32. The van der Waals surface area contributed by atoms with E-state index in [1.807, 2.05) is 19.9 Å². The van der Waals surface area contributed by atoms with E-state index in [9.17, 15) is 14.0 Å². The highest BCUT2D eigenvalue weighted by molar-refractivity contribution is 7.99. The van der Waals surface area contributed by atoms with Crippen molar-refractivity contribution in [2.45, 2.75) is 44.9 Å². The lowest BCUT2D eigenvalue weighted by Gasteiger charge is -2.37. The summed E-state index contributed by atoms with van der Waals surface area (Å²) in [5.41, 5.74) is 1.19. The summed E-state index contributed by atoms with van der Waals surface area (Å²) in [7, 11) is 1.56. The number of hydrogen-bond donors (Lipinski definition) is 1. The standard InChI is InChI=1S/C26H29FN4O3S/c1-17-14-18(2)29-25(28-17)35-16-23(32)31(15-19-8-6-7-9-22(19)27)26(3,4)24(33)30-20-10-12-21(34-5)13-11-20/h6-14H,15-16H2,1-5H3,(H,30,33). The number of thioether (sulfide) groups is 1. The molecule has 9 heteroatoms. The van der Waals surface area contributed by atoms with Gasteiger partial charge in [-0.25, -0.2) is 14.4 Å². The Balaban J connectivity index is 1.84. The molecule has 3 rings (SSSR count). The molecular formula is C26H29FN4O3S. The Labute approximate surface area is 209 Å². The van der Waals surface area contributed by atoms with Crippen molar-refractivity contribution in [2.24, 2.45) is 0 Å². The molecule has 0 aliphatic carbocycles. The number of amides is 2. The summed E-state index contributed by atoms with van der Waals surface area (Å²) < 4.78 is 19.6. The molecule has 0 radical (unpaired) electrons. The molecule has 0 atom stereocenters. The van der Waals surface area contributed by atoms with Gasteiger partial charge in [0, 0.05) is 29.2 Å². The van der Waals surface area contributed by atoms with Gasteiger partial charge in [0.05, 0.1) is 12.9 Å². The molecular weight excluding hydrogens is 467 g/mol. The molecule has 7 nitrogen and oxygen atoms in total. The molecule has 0 aliphatic heterocycles. The second kappa shape index (κ2) is 11.3. The average molecular weight is 497 g/mol. The summed E-state index contributed by atoms with van der Waals surface area (Å²) in [4.78, 5) is 36.8. The highest BCUT2D eigenvalue weighted by atomic mass is 32.2. The number of rotatable bonds is 9. The fourth-order valence-corrected chi connectivity index (χ4v) is 4.26. The van der Waals surface area contributed by atoms with Crippen LogP contribution in [0.5, 0.6) is 5.75 Å². The Kier molecular flexibility index (Phi) is 8.45. The molecule has 2 aromatic carbocycles. The van der Waals surface area contributed by atoms with Crippen molar-refractivity contribution in [3.63, 3.8) is 0 Å². The van der Waals surface area contributed by atoms with Crippen molar-refractivity contribution in [2.75, 3.05) is 18.2 Å². The lowest BCUT2D eigenvalue weighted by atomic mass is 9.99. The van der Waals surface area contributed by atoms with Crippen LogP contribution in [0.1, 0.15) is 30.8 Å². The van der Waals surface area contributed by atoms with Crippen LogP contribution in [0.15, 0.2) is 59.8 Å². The number of anilines is 1. The predicted octanol–water partition coefficient (Wildman–Crippen LogP) is 4.78. The summed E-state index contributed by atoms with van der Waals surface area (Å²) >= 11 is 1.18. The number of hydrogen-bond acceptors (Lipinski definition) is 6. The Hall–Kier alpha value is -3.46. The Morgan fingerprint density at radius 2 is 1.69 bits per heavy atom. The van der Waals surface area contributed by atoms with Crippen molar-refractivity contribution >= 4 is 29.3 Å². The van der Waals surface area contributed by atoms with E-state index in [4.69, 9.17) is 4.74 Å². The molecule has 0 saturated heterocycles.